The van der Waals surface area contributed by atoms with Gasteiger partial charge >= 0.3 is 6.09 Å². The van der Waals surface area contributed by atoms with Crippen LogP contribution in [0.3, 0.4) is 0 Å². The minimum absolute atomic E-state index is 0.241. The van der Waals surface area contributed by atoms with Gasteiger partial charge in [0, 0.05) is 38.1 Å². The van der Waals surface area contributed by atoms with E-state index in [2.05, 4.69) is 30.1 Å². The third kappa shape index (κ3) is 3.63. The van der Waals surface area contributed by atoms with Crippen molar-refractivity contribution >= 4 is 39.4 Å². The highest BCUT2D eigenvalue weighted by atomic mass is 32.1. The third-order valence-electron chi connectivity index (χ3n) is 4.29. The second kappa shape index (κ2) is 7.43. The first-order valence-electron chi connectivity index (χ1n) is 8.69. The number of nitrogens with one attached hydrogen (secondary N) is 1. The average Bonchev–Trinajstić information content (AvgIpc) is 3.05. The molecule has 25 heavy (non-hydrogen) atoms. The predicted molar refractivity (Wildman–Crippen MR) is 102 cm³/mol. The van der Waals surface area contributed by atoms with E-state index in [1.165, 1.54) is 4.88 Å². The van der Waals surface area contributed by atoms with E-state index in [0.29, 0.717) is 38.7 Å². The number of hydrogen-bond donors (Lipinski definition) is 1. The van der Waals surface area contributed by atoms with E-state index in [1.807, 2.05) is 14.0 Å². The van der Waals surface area contributed by atoms with Crippen LogP contribution in [0.1, 0.15) is 31.6 Å². The van der Waals surface area contributed by atoms with Crippen LogP contribution < -0.4 is 10.2 Å². The molecule has 0 spiro atoms. The molecule has 0 radical (unpaired) electrons. The number of carbonyl (C=O) groups is 1. The molecule has 1 saturated heterocycles. The van der Waals surface area contributed by atoms with Gasteiger partial charge in [-0.15, -0.1) is 11.3 Å². The summed E-state index contributed by atoms with van der Waals surface area (Å²) in [5, 5.41) is 4.26. The van der Waals surface area contributed by atoms with Gasteiger partial charge in [-0.05, 0) is 18.9 Å². The number of piperazine rings is 1. The zero-order valence-corrected chi connectivity index (χ0v) is 16.0. The molecular formula is C17H25N5O2S. The number of aromatic nitrogens is 2. The highest BCUT2D eigenvalue weighted by Gasteiger charge is 2.24. The van der Waals surface area contributed by atoms with E-state index >= 15 is 0 Å². The monoisotopic (exact) mass is 363 g/mol. The lowest BCUT2D eigenvalue weighted by atomic mass is 10.2. The molecule has 0 unspecified atom stereocenters. The Morgan fingerprint density at radius 3 is 2.64 bits per heavy atom. The molecule has 0 aromatic carbocycles. The number of hydrogen-bond acceptors (Lipinski definition) is 7. The van der Waals surface area contributed by atoms with Gasteiger partial charge in [0.05, 0.1) is 12.0 Å². The van der Waals surface area contributed by atoms with Crippen LogP contribution in [-0.4, -0.2) is 60.8 Å². The first-order valence-corrected chi connectivity index (χ1v) is 9.51. The zero-order chi connectivity index (χ0) is 18.0. The summed E-state index contributed by atoms with van der Waals surface area (Å²) >= 11 is 1.72. The van der Waals surface area contributed by atoms with E-state index in [1.54, 1.807) is 16.2 Å². The Morgan fingerprint density at radius 2 is 2.04 bits per heavy atom. The van der Waals surface area contributed by atoms with Crippen molar-refractivity contribution in [3.8, 4) is 0 Å². The number of carbonyl (C=O) groups excluding carboxylic acids is 1. The summed E-state index contributed by atoms with van der Waals surface area (Å²) in [6.45, 7) is 9.25. The van der Waals surface area contributed by atoms with Gasteiger partial charge in [-0.1, -0.05) is 13.8 Å². The van der Waals surface area contributed by atoms with Gasteiger partial charge in [0.2, 0.25) is 5.95 Å². The van der Waals surface area contributed by atoms with Crippen LogP contribution in [0.25, 0.3) is 10.2 Å². The number of fused-ring (bicyclic) bond motifs is 1. The number of ether oxygens (including phenoxy) is 1. The lowest BCUT2D eigenvalue weighted by Crippen LogP contribution is -2.49. The van der Waals surface area contributed by atoms with Crippen LogP contribution in [0.4, 0.5) is 16.6 Å². The molecule has 1 aliphatic rings. The summed E-state index contributed by atoms with van der Waals surface area (Å²) in [5.41, 5.74) is 0. The Labute approximate surface area is 152 Å². The molecule has 1 N–H and O–H groups in total. The fraction of sp³-hybridized carbons (Fsp3) is 0.588. The second-order valence-electron chi connectivity index (χ2n) is 6.32. The van der Waals surface area contributed by atoms with Crippen LogP contribution >= 0.6 is 11.3 Å². The topological polar surface area (TPSA) is 70.6 Å². The Bertz CT molecular complexity index is 753. The summed E-state index contributed by atoms with van der Waals surface area (Å²) in [6, 6.07) is 2.18. The summed E-state index contributed by atoms with van der Waals surface area (Å²) in [5.74, 6) is 2.05. The van der Waals surface area contributed by atoms with Crippen molar-refractivity contribution in [3.05, 3.63) is 10.9 Å². The fourth-order valence-corrected chi connectivity index (χ4v) is 3.88. The highest BCUT2D eigenvalue weighted by Crippen LogP contribution is 2.34. The Balaban J connectivity index is 1.81. The first kappa shape index (κ1) is 17.7. The maximum Gasteiger partial charge on any atom is 0.409 e. The van der Waals surface area contributed by atoms with Crippen molar-refractivity contribution in [2.75, 3.05) is 50.1 Å². The molecule has 0 atom stereocenters. The molecule has 0 bridgehead atoms. The van der Waals surface area contributed by atoms with Gasteiger partial charge in [0.25, 0.3) is 0 Å². The number of anilines is 2. The lowest BCUT2D eigenvalue weighted by Gasteiger charge is -2.34. The van der Waals surface area contributed by atoms with Crippen LogP contribution in [0, 0.1) is 0 Å². The summed E-state index contributed by atoms with van der Waals surface area (Å²) in [6.07, 6.45) is -0.241. The zero-order valence-electron chi connectivity index (χ0n) is 15.2. The molecule has 3 rings (SSSR count). The summed E-state index contributed by atoms with van der Waals surface area (Å²) in [7, 11) is 1.89. The standard InChI is InChI=1S/C17H25N5O2S/c1-5-24-17(23)22-8-6-21(7-9-22)16-19-14(18-4)12-10-13(11(2)3)25-15(12)20-16/h10-11H,5-9H2,1-4H3,(H,18,19,20). The molecule has 0 aliphatic carbocycles. The normalized spacial score (nSPS) is 15.1. The minimum Gasteiger partial charge on any atom is -0.450 e. The van der Waals surface area contributed by atoms with Crippen LogP contribution in [0.5, 0.6) is 0 Å². The molecule has 0 saturated carbocycles. The summed E-state index contributed by atoms with van der Waals surface area (Å²) < 4.78 is 5.07. The van der Waals surface area contributed by atoms with E-state index in [4.69, 9.17) is 14.7 Å². The molecule has 2 aromatic heterocycles. The Hall–Kier alpha value is -2.09. The minimum atomic E-state index is -0.241. The molecule has 3 heterocycles. The lowest BCUT2D eigenvalue weighted by molar-refractivity contribution is 0.105. The van der Waals surface area contributed by atoms with E-state index < -0.39 is 0 Å². The van der Waals surface area contributed by atoms with E-state index in [0.717, 1.165) is 22.0 Å². The number of rotatable bonds is 4. The largest absolute Gasteiger partial charge is 0.450 e. The van der Waals surface area contributed by atoms with Crippen molar-refractivity contribution < 1.29 is 9.53 Å². The van der Waals surface area contributed by atoms with Crippen molar-refractivity contribution in [2.45, 2.75) is 26.7 Å². The van der Waals surface area contributed by atoms with Crippen molar-refractivity contribution in [1.82, 2.24) is 14.9 Å². The maximum absolute atomic E-state index is 11.8. The molecular weight excluding hydrogens is 338 g/mol. The third-order valence-corrected chi connectivity index (χ3v) is 5.62. The van der Waals surface area contributed by atoms with Gasteiger partial charge in [0.1, 0.15) is 10.6 Å². The van der Waals surface area contributed by atoms with Crippen LogP contribution in [-0.2, 0) is 4.74 Å². The fourth-order valence-electron chi connectivity index (χ4n) is 2.85. The molecule has 8 heteroatoms. The van der Waals surface area contributed by atoms with Gasteiger partial charge in [-0.25, -0.2) is 9.78 Å². The molecule has 1 fully saturated rings. The smallest absolute Gasteiger partial charge is 0.409 e. The average molecular weight is 363 g/mol. The Morgan fingerprint density at radius 1 is 1.32 bits per heavy atom. The van der Waals surface area contributed by atoms with Gasteiger partial charge in [-0.2, -0.15) is 4.98 Å². The summed E-state index contributed by atoms with van der Waals surface area (Å²) in [4.78, 5) is 27.5. The quantitative estimate of drug-likeness (QED) is 0.900. The maximum atomic E-state index is 11.8. The van der Waals surface area contributed by atoms with Gasteiger partial charge in [0.15, 0.2) is 0 Å². The Kier molecular flexibility index (Phi) is 5.27. The molecule has 2 aromatic rings. The van der Waals surface area contributed by atoms with Crippen LogP contribution in [0.15, 0.2) is 6.07 Å². The van der Waals surface area contributed by atoms with Crippen LogP contribution in [0.2, 0.25) is 0 Å². The van der Waals surface area contributed by atoms with E-state index in [9.17, 15) is 4.79 Å². The molecule has 1 aliphatic heterocycles. The number of amides is 1. The van der Waals surface area contributed by atoms with Crippen molar-refractivity contribution in [2.24, 2.45) is 0 Å². The second-order valence-corrected chi connectivity index (χ2v) is 7.38. The number of nitrogens with zero attached hydrogens (tertiary/aromatic N) is 4. The van der Waals surface area contributed by atoms with E-state index in [-0.39, 0.29) is 6.09 Å². The van der Waals surface area contributed by atoms with Crippen molar-refractivity contribution in [3.63, 3.8) is 0 Å². The first-order chi connectivity index (χ1) is 12.0. The van der Waals surface area contributed by atoms with Gasteiger partial charge in [-0.3, -0.25) is 0 Å². The molecule has 7 nitrogen and oxygen atoms in total. The number of thiophene rings is 1. The molecule has 136 valence electrons. The molecule has 1 amide bonds. The predicted octanol–water partition coefficient (Wildman–Crippen LogP) is 3.13. The van der Waals surface area contributed by atoms with Gasteiger partial charge < -0.3 is 19.9 Å². The highest BCUT2D eigenvalue weighted by molar-refractivity contribution is 7.18. The SMILES string of the molecule is CCOC(=O)N1CCN(c2nc(NC)c3cc(C(C)C)sc3n2)CC1. The van der Waals surface area contributed by atoms with Crippen molar-refractivity contribution in [1.29, 1.82) is 0 Å².